The van der Waals surface area contributed by atoms with E-state index in [0.717, 1.165) is 11.3 Å². The van der Waals surface area contributed by atoms with Gasteiger partial charge in [0.15, 0.2) is 0 Å². The Morgan fingerprint density at radius 3 is 2.79 bits per heavy atom. The van der Waals surface area contributed by atoms with Gasteiger partial charge in [-0.1, -0.05) is 6.07 Å². The van der Waals surface area contributed by atoms with Crippen molar-refractivity contribution in [3.63, 3.8) is 0 Å². The Kier molecular flexibility index (Phi) is 6.08. The molecule has 1 heterocycles. The summed E-state index contributed by atoms with van der Waals surface area (Å²) in [7, 11) is 3.16. The van der Waals surface area contributed by atoms with E-state index in [-0.39, 0.29) is 12.1 Å². The smallest absolute Gasteiger partial charge is 0.315 e. The molecule has 0 aliphatic carbocycles. The standard InChI is InChI=1S/C13H21N3O3/c1-9-5-6-11(12(15-9)19-4)7-14-13(17)16-10(2)8-18-3/h5-6,10H,7-8H2,1-4H3,(H2,14,16,17). The lowest BCUT2D eigenvalue weighted by Gasteiger charge is -2.14. The number of hydrogen-bond acceptors (Lipinski definition) is 4. The second-order valence-corrected chi connectivity index (χ2v) is 4.30. The highest BCUT2D eigenvalue weighted by molar-refractivity contribution is 5.74. The molecule has 1 unspecified atom stereocenters. The highest BCUT2D eigenvalue weighted by atomic mass is 16.5. The Morgan fingerprint density at radius 1 is 1.42 bits per heavy atom. The molecule has 0 aliphatic heterocycles. The minimum absolute atomic E-state index is 0.0389. The van der Waals surface area contributed by atoms with Crippen molar-refractivity contribution in [3.05, 3.63) is 23.4 Å². The predicted molar refractivity (Wildman–Crippen MR) is 72.2 cm³/mol. The second-order valence-electron chi connectivity index (χ2n) is 4.30. The van der Waals surface area contributed by atoms with Crippen LogP contribution in [-0.4, -0.2) is 37.9 Å². The van der Waals surface area contributed by atoms with Gasteiger partial charge in [0.05, 0.1) is 19.8 Å². The number of aromatic nitrogens is 1. The van der Waals surface area contributed by atoms with Crippen LogP contribution < -0.4 is 15.4 Å². The van der Waals surface area contributed by atoms with Crippen LogP contribution in [0.25, 0.3) is 0 Å². The summed E-state index contributed by atoms with van der Waals surface area (Å²) in [5.74, 6) is 0.533. The average Bonchev–Trinajstić information content (AvgIpc) is 2.37. The number of nitrogens with one attached hydrogen (secondary N) is 2. The van der Waals surface area contributed by atoms with Crippen LogP contribution in [0.15, 0.2) is 12.1 Å². The molecule has 0 radical (unpaired) electrons. The molecule has 0 spiro atoms. The van der Waals surface area contributed by atoms with Crippen molar-refractivity contribution in [2.45, 2.75) is 26.4 Å². The van der Waals surface area contributed by atoms with Crippen LogP contribution in [-0.2, 0) is 11.3 Å². The van der Waals surface area contributed by atoms with Crippen LogP contribution in [0.4, 0.5) is 4.79 Å². The molecule has 0 saturated heterocycles. The normalized spacial score (nSPS) is 11.8. The lowest BCUT2D eigenvalue weighted by molar-refractivity contribution is 0.171. The lowest BCUT2D eigenvalue weighted by atomic mass is 10.2. The Balaban J connectivity index is 2.50. The summed E-state index contributed by atoms with van der Waals surface area (Å²) in [6.45, 7) is 4.60. The monoisotopic (exact) mass is 267 g/mol. The molecule has 1 atom stereocenters. The van der Waals surface area contributed by atoms with Gasteiger partial charge in [0.25, 0.3) is 0 Å². The zero-order chi connectivity index (χ0) is 14.3. The summed E-state index contributed by atoms with van der Waals surface area (Å²) in [5.41, 5.74) is 1.71. The highest BCUT2D eigenvalue weighted by Crippen LogP contribution is 2.15. The van der Waals surface area contributed by atoms with E-state index in [1.165, 1.54) is 0 Å². The molecule has 2 N–H and O–H groups in total. The maximum atomic E-state index is 11.6. The van der Waals surface area contributed by atoms with E-state index in [4.69, 9.17) is 9.47 Å². The quantitative estimate of drug-likeness (QED) is 0.813. The first-order valence-corrected chi connectivity index (χ1v) is 6.10. The fraction of sp³-hybridized carbons (Fsp3) is 0.538. The maximum Gasteiger partial charge on any atom is 0.315 e. The van der Waals surface area contributed by atoms with Crippen LogP contribution in [0, 0.1) is 6.92 Å². The molecule has 0 fully saturated rings. The number of amides is 2. The third kappa shape index (κ3) is 5.13. The molecule has 106 valence electrons. The third-order valence-corrected chi connectivity index (χ3v) is 2.51. The van der Waals surface area contributed by atoms with E-state index >= 15 is 0 Å². The summed E-state index contributed by atoms with van der Waals surface area (Å²) in [5, 5.41) is 5.52. The number of carbonyl (C=O) groups excluding carboxylic acids is 1. The summed E-state index contributed by atoms with van der Waals surface area (Å²) in [6, 6.07) is 3.49. The van der Waals surface area contributed by atoms with E-state index in [1.807, 2.05) is 26.0 Å². The first-order chi connectivity index (χ1) is 9.06. The molecule has 6 heteroatoms. The van der Waals surface area contributed by atoms with Crippen LogP contribution in [0.5, 0.6) is 5.88 Å². The molecule has 2 amide bonds. The Hall–Kier alpha value is -1.82. The van der Waals surface area contributed by atoms with Gasteiger partial charge in [-0.3, -0.25) is 0 Å². The summed E-state index contributed by atoms with van der Waals surface area (Å²) in [4.78, 5) is 15.9. The largest absolute Gasteiger partial charge is 0.481 e. The Bertz CT molecular complexity index is 424. The van der Waals surface area contributed by atoms with Gasteiger partial charge in [0.1, 0.15) is 0 Å². The number of pyridine rings is 1. The molecule has 0 aliphatic rings. The molecular weight excluding hydrogens is 246 g/mol. The van der Waals surface area contributed by atoms with Crippen molar-refractivity contribution in [2.24, 2.45) is 0 Å². The van der Waals surface area contributed by atoms with E-state index in [2.05, 4.69) is 15.6 Å². The first-order valence-electron chi connectivity index (χ1n) is 6.10. The molecular formula is C13H21N3O3. The van der Waals surface area contributed by atoms with Gasteiger partial charge in [-0.15, -0.1) is 0 Å². The van der Waals surface area contributed by atoms with E-state index in [9.17, 15) is 4.79 Å². The Labute approximate surface area is 113 Å². The lowest BCUT2D eigenvalue weighted by Crippen LogP contribution is -2.42. The molecule has 1 aromatic heterocycles. The number of methoxy groups -OCH3 is 2. The molecule has 6 nitrogen and oxygen atoms in total. The van der Waals surface area contributed by atoms with Crippen molar-refractivity contribution in [2.75, 3.05) is 20.8 Å². The van der Waals surface area contributed by atoms with Crippen molar-refractivity contribution in [1.82, 2.24) is 15.6 Å². The van der Waals surface area contributed by atoms with E-state index in [1.54, 1.807) is 14.2 Å². The summed E-state index contributed by atoms with van der Waals surface area (Å²) >= 11 is 0. The first kappa shape index (κ1) is 15.2. The third-order valence-electron chi connectivity index (χ3n) is 2.51. The Morgan fingerprint density at radius 2 is 2.16 bits per heavy atom. The minimum Gasteiger partial charge on any atom is -0.481 e. The summed E-state index contributed by atoms with van der Waals surface area (Å²) in [6.07, 6.45) is 0. The van der Waals surface area contributed by atoms with Crippen molar-refractivity contribution in [1.29, 1.82) is 0 Å². The van der Waals surface area contributed by atoms with Gasteiger partial charge in [-0.25, -0.2) is 9.78 Å². The van der Waals surface area contributed by atoms with Gasteiger partial charge in [-0.05, 0) is 19.9 Å². The van der Waals surface area contributed by atoms with Gasteiger partial charge in [0.2, 0.25) is 5.88 Å². The molecule has 1 aromatic rings. The van der Waals surface area contributed by atoms with Crippen LogP contribution >= 0.6 is 0 Å². The number of ether oxygens (including phenoxy) is 2. The second kappa shape index (κ2) is 7.58. The number of rotatable bonds is 6. The van der Waals surface area contributed by atoms with Crippen LogP contribution in [0.1, 0.15) is 18.2 Å². The van der Waals surface area contributed by atoms with Crippen LogP contribution in [0.2, 0.25) is 0 Å². The molecule has 1 rings (SSSR count). The SMILES string of the molecule is COCC(C)NC(=O)NCc1ccc(C)nc1OC. The van der Waals surface area contributed by atoms with E-state index in [0.29, 0.717) is 19.0 Å². The molecule has 0 saturated carbocycles. The topological polar surface area (TPSA) is 72.5 Å². The van der Waals surface area contributed by atoms with Crippen LogP contribution in [0.3, 0.4) is 0 Å². The summed E-state index contributed by atoms with van der Waals surface area (Å²) < 4.78 is 10.1. The van der Waals surface area contributed by atoms with Crippen molar-refractivity contribution < 1.29 is 14.3 Å². The molecule has 0 bridgehead atoms. The highest BCUT2D eigenvalue weighted by Gasteiger charge is 2.09. The number of hydrogen-bond donors (Lipinski definition) is 2. The number of aryl methyl sites for hydroxylation is 1. The maximum absolute atomic E-state index is 11.6. The zero-order valence-corrected chi connectivity index (χ0v) is 11.8. The number of nitrogens with zero attached hydrogens (tertiary/aromatic N) is 1. The van der Waals surface area contributed by atoms with Gasteiger partial charge < -0.3 is 20.1 Å². The van der Waals surface area contributed by atoms with E-state index < -0.39 is 0 Å². The average molecular weight is 267 g/mol. The number of carbonyl (C=O) groups is 1. The minimum atomic E-state index is -0.243. The van der Waals surface area contributed by atoms with Crippen molar-refractivity contribution in [3.8, 4) is 5.88 Å². The fourth-order valence-electron chi connectivity index (χ4n) is 1.61. The fourth-order valence-corrected chi connectivity index (χ4v) is 1.61. The zero-order valence-electron chi connectivity index (χ0n) is 11.8. The molecule has 0 aromatic carbocycles. The van der Waals surface area contributed by atoms with Gasteiger partial charge >= 0.3 is 6.03 Å². The number of urea groups is 1. The van der Waals surface area contributed by atoms with Gasteiger partial charge in [0, 0.05) is 24.9 Å². The predicted octanol–water partition coefficient (Wildman–Crippen LogP) is 1.23. The van der Waals surface area contributed by atoms with Gasteiger partial charge in [-0.2, -0.15) is 0 Å². The van der Waals surface area contributed by atoms with Crippen molar-refractivity contribution >= 4 is 6.03 Å². The molecule has 19 heavy (non-hydrogen) atoms.